The molecule has 2 aliphatic heterocycles. The van der Waals surface area contributed by atoms with Crippen molar-refractivity contribution in [1.29, 1.82) is 0 Å². The number of phenols is 1. The monoisotopic (exact) mass is 605 g/mol. The van der Waals surface area contributed by atoms with E-state index in [1.54, 1.807) is 27.9 Å². The molecule has 0 radical (unpaired) electrons. The van der Waals surface area contributed by atoms with Gasteiger partial charge in [0.05, 0.1) is 34.7 Å². The molecule has 3 aromatic heterocycles. The number of amides is 2. The smallest absolute Gasteiger partial charge is 0.284 e. The Morgan fingerprint density at radius 2 is 1.95 bits per heavy atom. The molecule has 0 bridgehead atoms. The third kappa shape index (κ3) is 4.19. The van der Waals surface area contributed by atoms with Crippen LogP contribution in [0.25, 0.3) is 28.1 Å². The number of halogens is 2. The molecular formula is C30H29ClFN7O4. The van der Waals surface area contributed by atoms with Crippen LogP contribution in [0.1, 0.15) is 26.8 Å². The molecular weight excluding hydrogens is 577 g/mol. The number of phenolic OH excluding ortho intramolecular Hbond substituents is 1. The Kier molecular flexibility index (Phi) is 6.76. The first-order valence-corrected chi connectivity index (χ1v) is 14.1. The molecule has 2 atom stereocenters. The zero-order chi connectivity index (χ0) is 30.9. The van der Waals surface area contributed by atoms with Gasteiger partial charge in [-0.05, 0) is 45.0 Å². The third-order valence-corrected chi connectivity index (χ3v) is 8.32. The predicted molar refractivity (Wildman–Crippen MR) is 161 cm³/mol. The molecule has 4 aromatic rings. The quantitative estimate of drug-likeness (QED) is 0.351. The number of carbonyl (C=O) groups is 2. The van der Waals surface area contributed by atoms with Crippen molar-refractivity contribution < 1.29 is 19.1 Å². The number of rotatable bonds is 4. The lowest BCUT2D eigenvalue weighted by molar-refractivity contribution is -0.129. The third-order valence-electron chi connectivity index (χ3n) is 8.03. The van der Waals surface area contributed by atoms with Crippen LogP contribution in [0.2, 0.25) is 5.02 Å². The van der Waals surface area contributed by atoms with Crippen LogP contribution in [0.4, 0.5) is 15.8 Å². The van der Waals surface area contributed by atoms with Gasteiger partial charge in [0.2, 0.25) is 5.91 Å². The number of fused-ring (bicyclic) bond motifs is 5. The molecule has 0 unspecified atom stereocenters. The number of piperazine rings is 1. The first-order chi connectivity index (χ1) is 20.5. The van der Waals surface area contributed by atoms with E-state index in [0.717, 1.165) is 0 Å². The van der Waals surface area contributed by atoms with E-state index in [-0.39, 0.29) is 70.4 Å². The average Bonchev–Trinajstić information content (AvgIpc) is 3.45. The topological polar surface area (TPSA) is 117 Å². The van der Waals surface area contributed by atoms with Crippen molar-refractivity contribution in [1.82, 2.24) is 24.2 Å². The molecule has 43 heavy (non-hydrogen) atoms. The molecule has 5 heterocycles. The fraction of sp³-hybridized carbons (Fsp3) is 0.300. The van der Waals surface area contributed by atoms with E-state index < -0.39 is 17.4 Å². The number of pyridine rings is 2. The van der Waals surface area contributed by atoms with Gasteiger partial charge in [-0.3, -0.25) is 14.4 Å². The molecule has 13 heteroatoms. The molecule has 6 rings (SSSR count). The van der Waals surface area contributed by atoms with Crippen molar-refractivity contribution in [3.8, 4) is 22.8 Å². The molecule has 2 amide bonds. The zero-order valence-electron chi connectivity index (χ0n) is 24.0. The Balaban J connectivity index is 1.73. The van der Waals surface area contributed by atoms with E-state index in [1.807, 2.05) is 25.7 Å². The second kappa shape index (κ2) is 10.2. The molecule has 2 aliphatic rings. The predicted octanol–water partition coefficient (Wildman–Crippen LogP) is 3.90. The van der Waals surface area contributed by atoms with Crippen molar-refractivity contribution in [3.63, 3.8) is 0 Å². The highest BCUT2D eigenvalue weighted by Gasteiger charge is 2.46. The number of hydrogen-bond donors (Lipinski definition) is 1. The zero-order valence-corrected chi connectivity index (χ0v) is 24.7. The highest BCUT2D eigenvalue weighted by atomic mass is 35.5. The van der Waals surface area contributed by atoms with Gasteiger partial charge in [0.1, 0.15) is 29.1 Å². The van der Waals surface area contributed by atoms with Gasteiger partial charge in [-0.25, -0.2) is 18.6 Å². The maximum absolute atomic E-state index is 15.1. The van der Waals surface area contributed by atoms with Crippen molar-refractivity contribution in [2.75, 3.05) is 29.9 Å². The van der Waals surface area contributed by atoms with E-state index in [1.165, 1.54) is 40.8 Å². The summed E-state index contributed by atoms with van der Waals surface area (Å²) in [5.74, 6) is -1.38. The molecule has 1 fully saturated rings. The Morgan fingerprint density at radius 3 is 2.63 bits per heavy atom. The molecule has 1 aromatic carbocycles. The van der Waals surface area contributed by atoms with Gasteiger partial charge >= 0.3 is 0 Å². The number of hydrogen-bond acceptors (Lipinski definition) is 7. The average molecular weight is 606 g/mol. The Labute approximate surface area is 251 Å². The largest absolute Gasteiger partial charge is 0.507 e. The molecule has 1 N–H and O–H groups in total. The summed E-state index contributed by atoms with van der Waals surface area (Å²) in [6, 6.07) is 5.77. The van der Waals surface area contributed by atoms with Crippen molar-refractivity contribution in [2.24, 2.45) is 0 Å². The first-order valence-electron chi connectivity index (χ1n) is 13.7. The summed E-state index contributed by atoms with van der Waals surface area (Å²) in [5.41, 5.74) is -0.143. The summed E-state index contributed by atoms with van der Waals surface area (Å²) < 4.78 is 18.1. The first kappa shape index (κ1) is 28.4. The summed E-state index contributed by atoms with van der Waals surface area (Å²) in [7, 11) is 1.52. The molecule has 1 saturated heterocycles. The number of aromatic nitrogens is 4. The number of benzene rings is 1. The lowest BCUT2D eigenvalue weighted by atomic mass is 9.97. The minimum absolute atomic E-state index is 0.0295. The van der Waals surface area contributed by atoms with Crippen LogP contribution < -0.4 is 15.4 Å². The summed E-state index contributed by atoms with van der Waals surface area (Å²) >= 11 is 6.77. The fourth-order valence-corrected chi connectivity index (χ4v) is 6.38. The van der Waals surface area contributed by atoms with E-state index in [4.69, 9.17) is 16.6 Å². The lowest BCUT2D eigenvalue weighted by Crippen LogP contribution is -2.66. The maximum Gasteiger partial charge on any atom is 0.284 e. The maximum atomic E-state index is 15.1. The van der Waals surface area contributed by atoms with Gasteiger partial charge in [0.15, 0.2) is 5.65 Å². The Morgan fingerprint density at radius 1 is 1.21 bits per heavy atom. The second-order valence-corrected chi connectivity index (χ2v) is 11.4. The van der Waals surface area contributed by atoms with Gasteiger partial charge in [-0.2, -0.15) is 5.10 Å². The summed E-state index contributed by atoms with van der Waals surface area (Å²) in [5, 5.41) is 15.4. The van der Waals surface area contributed by atoms with Crippen molar-refractivity contribution >= 4 is 45.8 Å². The van der Waals surface area contributed by atoms with Crippen molar-refractivity contribution in [3.05, 3.63) is 70.4 Å². The standard InChI is InChI=1S/C30H29ClFN7O4/c1-6-23(41)36-13-16(4)37-20(14-36)29(42)35(5)27-26(37)17-12-18(31)25(24-19(32)8-7-9-21(24)40)34-28(17)38(30(27)43)22-10-11-33-39(22)15(2)3/h6-12,15-16,20,40H,1,13-14H2,2-5H3/t16-,20+/m0/s1. The highest BCUT2D eigenvalue weighted by molar-refractivity contribution is 6.34. The molecule has 222 valence electrons. The van der Waals surface area contributed by atoms with Gasteiger partial charge in [0, 0.05) is 37.1 Å². The van der Waals surface area contributed by atoms with Crippen LogP contribution in [0.15, 0.2) is 54.0 Å². The van der Waals surface area contributed by atoms with Crippen LogP contribution in [0.5, 0.6) is 5.75 Å². The normalized spacial score (nSPS) is 18.3. The van der Waals surface area contributed by atoms with Gasteiger partial charge in [0.25, 0.3) is 11.5 Å². The molecule has 0 saturated carbocycles. The minimum atomic E-state index is -0.793. The number of anilines is 2. The Bertz CT molecular complexity index is 1880. The van der Waals surface area contributed by atoms with E-state index in [0.29, 0.717) is 16.9 Å². The highest BCUT2D eigenvalue weighted by Crippen LogP contribution is 2.45. The van der Waals surface area contributed by atoms with Crippen LogP contribution >= 0.6 is 11.6 Å². The summed E-state index contributed by atoms with van der Waals surface area (Å²) in [6.45, 7) is 9.62. The van der Waals surface area contributed by atoms with E-state index >= 15 is 4.39 Å². The lowest BCUT2D eigenvalue weighted by Gasteiger charge is -2.50. The van der Waals surface area contributed by atoms with E-state index in [2.05, 4.69) is 11.7 Å². The van der Waals surface area contributed by atoms with Gasteiger partial charge in [-0.1, -0.05) is 24.2 Å². The van der Waals surface area contributed by atoms with Crippen LogP contribution in [-0.2, 0) is 9.59 Å². The van der Waals surface area contributed by atoms with Gasteiger partial charge < -0.3 is 19.8 Å². The molecule has 11 nitrogen and oxygen atoms in total. The van der Waals surface area contributed by atoms with Crippen LogP contribution in [0.3, 0.4) is 0 Å². The number of nitrogens with zero attached hydrogens (tertiary/aromatic N) is 7. The number of likely N-dealkylation sites (N-methyl/N-ethyl adjacent to an activating group) is 1. The second-order valence-electron chi connectivity index (χ2n) is 11.0. The van der Waals surface area contributed by atoms with Crippen LogP contribution in [0, 0.1) is 5.82 Å². The van der Waals surface area contributed by atoms with E-state index in [9.17, 15) is 19.5 Å². The molecule has 0 spiro atoms. The summed E-state index contributed by atoms with van der Waals surface area (Å²) in [4.78, 5) is 50.4. The number of carbonyl (C=O) groups excluding carboxylic acids is 2. The summed E-state index contributed by atoms with van der Waals surface area (Å²) in [6.07, 6.45) is 2.76. The molecule has 0 aliphatic carbocycles. The number of aromatic hydroxyl groups is 1. The van der Waals surface area contributed by atoms with Crippen molar-refractivity contribution in [2.45, 2.75) is 38.9 Å². The SMILES string of the molecule is C=CC(=O)N1C[C@@H]2C(=O)N(C)c3c(c4cc(Cl)c(-c5c(O)cccc5F)nc4n(-c4ccnn4C(C)C)c3=O)N2[C@@H](C)C1. The van der Waals surface area contributed by atoms with Crippen LogP contribution in [-0.4, -0.2) is 73.4 Å². The fourth-order valence-electron chi connectivity index (χ4n) is 6.14. The minimum Gasteiger partial charge on any atom is -0.507 e. The Hall–Kier alpha value is -4.71. The van der Waals surface area contributed by atoms with Gasteiger partial charge in [-0.15, -0.1) is 0 Å².